The quantitative estimate of drug-likeness (QED) is 0.891. The maximum absolute atomic E-state index is 11.5. The lowest BCUT2D eigenvalue weighted by Crippen LogP contribution is -2.25. The molecule has 2 rings (SSSR count). The molecule has 1 unspecified atom stereocenters. The Balaban J connectivity index is 2.36. The maximum Gasteiger partial charge on any atom is 0.266 e. The van der Waals surface area contributed by atoms with Gasteiger partial charge in [0, 0.05) is 12.6 Å². The van der Waals surface area contributed by atoms with Crippen molar-refractivity contribution in [2.75, 3.05) is 0 Å². The molecular formula is C14H17N3O. The fourth-order valence-electron chi connectivity index (χ4n) is 1.80. The summed E-state index contributed by atoms with van der Waals surface area (Å²) < 4.78 is 1.42. The molecule has 0 aliphatic heterocycles. The Morgan fingerprint density at radius 1 is 1.22 bits per heavy atom. The number of rotatable bonds is 3. The molecule has 0 saturated carbocycles. The molecule has 0 saturated heterocycles. The molecule has 0 radical (unpaired) electrons. The van der Waals surface area contributed by atoms with E-state index < -0.39 is 0 Å². The van der Waals surface area contributed by atoms with Gasteiger partial charge in [-0.05, 0) is 25.5 Å². The fourth-order valence-corrected chi connectivity index (χ4v) is 1.80. The lowest BCUT2D eigenvalue weighted by molar-refractivity contribution is 0.587. The van der Waals surface area contributed by atoms with Gasteiger partial charge in [0.05, 0.1) is 11.7 Å². The first-order valence-corrected chi connectivity index (χ1v) is 6.02. The highest BCUT2D eigenvalue weighted by Gasteiger charge is 2.11. The van der Waals surface area contributed by atoms with Crippen molar-refractivity contribution in [2.45, 2.75) is 26.4 Å². The topological polar surface area (TPSA) is 60.9 Å². The van der Waals surface area contributed by atoms with Crippen molar-refractivity contribution < 1.29 is 0 Å². The molecule has 0 aliphatic carbocycles. The normalized spacial score (nSPS) is 12.4. The van der Waals surface area contributed by atoms with Crippen LogP contribution in [0.1, 0.15) is 29.8 Å². The summed E-state index contributed by atoms with van der Waals surface area (Å²) in [4.78, 5) is 11.5. The number of hydrogen-bond acceptors (Lipinski definition) is 3. The first kappa shape index (κ1) is 12.5. The predicted octanol–water partition coefficient (Wildman–Crippen LogP) is 1.62. The maximum atomic E-state index is 11.5. The molecule has 0 amide bonds. The Morgan fingerprint density at radius 3 is 2.50 bits per heavy atom. The van der Waals surface area contributed by atoms with Gasteiger partial charge in [0.2, 0.25) is 0 Å². The highest BCUT2D eigenvalue weighted by Crippen LogP contribution is 2.17. The van der Waals surface area contributed by atoms with Crippen LogP contribution in [0.15, 0.2) is 41.2 Å². The molecule has 18 heavy (non-hydrogen) atoms. The summed E-state index contributed by atoms with van der Waals surface area (Å²) >= 11 is 0. The average molecular weight is 243 g/mol. The second-order valence-corrected chi connectivity index (χ2v) is 4.30. The van der Waals surface area contributed by atoms with Crippen LogP contribution < -0.4 is 11.3 Å². The number of aryl methyl sites for hydroxylation is 2. The predicted molar refractivity (Wildman–Crippen MR) is 71.4 cm³/mol. The molecule has 1 heterocycles. The highest BCUT2D eigenvalue weighted by molar-refractivity contribution is 5.29. The molecule has 94 valence electrons. The van der Waals surface area contributed by atoms with E-state index in [0.29, 0.717) is 12.2 Å². The van der Waals surface area contributed by atoms with Crippen molar-refractivity contribution >= 4 is 0 Å². The molecule has 0 spiro atoms. The van der Waals surface area contributed by atoms with Gasteiger partial charge >= 0.3 is 0 Å². The number of nitrogens with two attached hydrogens (primary N) is 1. The van der Waals surface area contributed by atoms with Gasteiger partial charge in [-0.1, -0.05) is 29.8 Å². The Labute approximate surface area is 106 Å². The molecule has 1 aromatic heterocycles. The second-order valence-electron chi connectivity index (χ2n) is 4.30. The van der Waals surface area contributed by atoms with Crippen molar-refractivity contribution in [3.8, 4) is 0 Å². The molecule has 0 bridgehead atoms. The van der Waals surface area contributed by atoms with Crippen LogP contribution in [0.4, 0.5) is 0 Å². The van der Waals surface area contributed by atoms with E-state index in [4.69, 9.17) is 5.73 Å². The first-order chi connectivity index (χ1) is 8.61. The zero-order valence-electron chi connectivity index (χ0n) is 10.6. The van der Waals surface area contributed by atoms with Crippen molar-refractivity contribution in [2.24, 2.45) is 5.73 Å². The molecule has 4 nitrogen and oxygen atoms in total. The molecule has 1 atom stereocenters. The van der Waals surface area contributed by atoms with E-state index in [1.165, 1.54) is 16.3 Å². The third kappa shape index (κ3) is 2.49. The van der Waals surface area contributed by atoms with Gasteiger partial charge in [0.1, 0.15) is 0 Å². The lowest BCUT2D eigenvalue weighted by Gasteiger charge is -2.13. The average Bonchev–Trinajstić information content (AvgIpc) is 2.39. The lowest BCUT2D eigenvalue weighted by atomic mass is 10.0. The van der Waals surface area contributed by atoms with Gasteiger partial charge in [-0.3, -0.25) is 4.79 Å². The Hall–Kier alpha value is -1.94. The van der Waals surface area contributed by atoms with Crippen molar-refractivity contribution in [3.05, 3.63) is 63.6 Å². The van der Waals surface area contributed by atoms with Crippen LogP contribution in [0, 0.1) is 6.92 Å². The molecular weight excluding hydrogens is 226 g/mol. The summed E-state index contributed by atoms with van der Waals surface area (Å²) in [7, 11) is 0. The SMILES string of the molecule is CCn1nc(C(N)c2ccc(C)cc2)ccc1=O. The summed E-state index contributed by atoms with van der Waals surface area (Å²) in [5.74, 6) is 0. The smallest absolute Gasteiger partial charge is 0.266 e. The van der Waals surface area contributed by atoms with E-state index in [2.05, 4.69) is 5.10 Å². The van der Waals surface area contributed by atoms with Gasteiger partial charge in [0.25, 0.3) is 5.56 Å². The minimum Gasteiger partial charge on any atom is -0.319 e. The van der Waals surface area contributed by atoms with Gasteiger partial charge in [0.15, 0.2) is 0 Å². The number of nitrogens with zero attached hydrogens (tertiary/aromatic N) is 2. The van der Waals surface area contributed by atoms with Crippen LogP contribution in [0.3, 0.4) is 0 Å². The van der Waals surface area contributed by atoms with E-state index in [1.807, 2.05) is 38.1 Å². The van der Waals surface area contributed by atoms with Crippen molar-refractivity contribution in [1.82, 2.24) is 9.78 Å². The summed E-state index contributed by atoms with van der Waals surface area (Å²) in [6, 6.07) is 10.9. The number of benzene rings is 1. The van der Waals surface area contributed by atoms with Crippen LogP contribution in [0.5, 0.6) is 0 Å². The molecule has 0 aliphatic rings. The van der Waals surface area contributed by atoms with Crippen LogP contribution in [-0.2, 0) is 6.54 Å². The van der Waals surface area contributed by atoms with Crippen LogP contribution in [0.25, 0.3) is 0 Å². The minimum atomic E-state index is -0.302. The van der Waals surface area contributed by atoms with E-state index in [0.717, 1.165) is 5.56 Å². The van der Waals surface area contributed by atoms with Gasteiger partial charge in [-0.2, -0.15) is 5.10 Å². The van der Waals surface area contributed by atoms with E-state index >= 15 is 0 Å². The van der Waals surface area contributed by atoms with E-state index in [-0.39, 0.29) is 11.6 Å². The van der Waals surface area contributed by atoms with Crippen molar-refractivity contribution in [1.29, 1.82) is 0 Å². The highest BCUT2D eigenvalue weighted by atomic mass is 16.1. The molecule has 4 heteroatoms. The summed E-state index contributed by atoms with van der Waals surface area (Å²) in [5, 5.41) is 4.27. The number of aromatic nitrogens is 2. The van der Waals surface area contributed by atoms with Crippen LogP contribution >= 0.6 is 0 Å². The van der Waals surface area contributed by atoms with E-state index in [9.17, 15) is 4.79 Å². The third-order valence-corrected chi connectivity index (χ3v) is 2.94. The fraction of sp³-hybridized carbons (Fsp3) is 0.286. The van der Waals surface area contributed by atoms with Gasteiger partial charge < -0.3 is 5.73 Å². The Kier molecular flexibility index (Phi) is 3.58. The van der Waals surface area contributed by atoms with Gasteiger partial charge in [-0.15, -0.1) is 0 Å². The number of hydrogen-bond donors (Lipinski definition) is 1. The molecule has 2 aromatic rings. The third-order valence-electron chi connectivity index (χ3n) is 2.94. The van der Waals surface area contributed by atoms with E-state index in [1.54, 1.807) is 6.07 Å². The first-order valence-electron chi connectivity index (χ1n) is 6.02. The standard InChI is InChI=1S/C14H17N3O/c1-3-17-13(18)9-8-12(16-17)14(15)11-6-4-10(2)5-7-11/h4-9,14H,3,15H2,1-2H3. The molecule has 0 fully saturated rings. The summed E-state index contributed by atoms with van der Waals surface area (Å²) in [6.07, 6.45) is 0. The molecule has 1 aromatic carbocycles. The molecule has 2 N–H and O–H groups in total. The second kappa shape index (κ2) is 5.14. The van der Waals surface area contributed by atoms with Crippen molar-refractivity contribution in [3.63, 3.8) is 0 Å². The summed E-state index contributed by atoms with van der Waals surface area (Å²) in [5.41, 5.74) is 8.96. The van der Waals surface area contributed by atoms with Crippen LogP contribution in [0.2, 0.25) is 0 Å². The zero-order valence-corrected chi connectivity index (χ0v) is 10.6. The van der Waals surface area contributed by atoms with Crippen LogP contribution in [-0.4, -0.2) is 9.78 Å². The minimum absolute atomic E-state index is 0.0997. The Bertz CT molecular complexity index is 587. The summed E-state index contributed by atoms with van der Waals surface area (Å²) in [6.45, 7) is 4.47. The zero-order chi connectivity index (χ0) is 13.1. The largest absolute Gasteiger partial charge is 0.319 e. The monoisotopic (exact) mass is 243 g/mol. The Morgan fingerprint density at radius 2 is 1.89 bits per heavy atom. The van der Waals surface area contributed by atoms with Gasteiger partial charge in [-0.25, -0.2) is 4.68 Å².